The topological polar surface area (TPSA) is 31.7 Å². The highest BCUT2D eigenvalue weighted by Gasteiger charge is 2.28. The lowest BCUT2D eigenvalue weighted by atomic mass is 10.1. The van der Waals surface area contributed by atoms with E-state index in [9.17, 15) is 9.18 Å². The molecule has 1 aromatic heterocycles. The average molecular weight is 356 g/mol. The molecule has 1 fully saturated rings. The Bertz CT molecular complexity index is 782. The Morgan fingerprint density at radius 2 is 1.81 bits per heavy atom. The van der Waals surface area contributed by atoms with E-state index in [1.165, 1.54) is 11.8 Å². The lowest BCUT2D eigenvalue weighted by Gasteiger charge is -2.39. The van der Waals surface area contributed by atoms with Gasteiger partial charge in [-0.3, -0.25) is 9.69 Å². The first kappa shape index (κ1) is 17.1. The summed E-state index contributed by atoms with van der Waals surface area (Å²) in [7, 11) is 0. The van der Waals surface area contributed by atoms with E-state index < -0.39 is 0 Å². The number of aromatic nitrogens is 1. The Balaban J connectivity index is 1.34. The average Bonchev–Trinajstić information content (AvgIpc) is 3.14. The van der Waals surface area contributed by atoms with Crippen molar-refractivity contribution in [3.8, 4) is 0 Å². The van der Waals surface area contributed by atoms with E-state index in [0.29, 0.717) is 38.4 Å². The quantitative estimate of drug-likeness (QED) is 0.846. The molecule has 2 aliphatic rings. The number of rotatable bonds is 3. The van der Waals surface area contributed by atoms with Crippen LogP contribution in [0.4, 0.5) is 10.1 Å². The van der Waals surface area contributed by atoms with Gasteiger partial charge in [0.1, 0.15) is 5.82 Å². The van der Waals surface area contributed by atoms with Gasteiger partial charge in [0.15, 0.2) is 0 Å². The van der Waals surface area contributed by atoms with Gasteiger partial charge in [-0.15, -0.1) is 0 Å². The zero-order valence-electron chi connectivity index (χ0n) is 15.1. The molecule has 4 rings (SSSR count). The molecule has 26 heavy (non-hydrogen) atoms. The number of benzene rings is 1. The van der Waals surface area contributed by atoms with Crippen LogP contribution in [0.15, 0.2) is 42.6 Å². The zero-order valence-corrected chi connectivity index (χ0v) is 15.1. The number of hydrogen-bond acceptors (Lipinski definition) is 3. The van der Waals surface area contributed by atoms with Crippen molar-refractivity contribution in [3.05, 3.63) is 54.1 Å². The Morgan fingerprint density at radius 1 is 1.04 bits per heavy atom. The fraction of sp³-hybridized carbons (Fsp3) is 0.450. The van der Waals surface area contributed by atoms with Crippen LogP contribution < -0.4 is 4.90 Å². The highest BCUT2D eigenvalue weighted by Crippen LogP contribution is 2.25. The van der Waals surface area contributed by atoms with Gasteiger partial charge in [-0.1, -0.05) is 12.1 Å². The number of amides is 1. The number of piperazine rings is 1. The van der Waals surface area contributed by atoms with Gasteiger partial charge in [-0.2, -0.15) is 0 Å². The molecule has 138 valence electrons. The predicted molar refractivity (Wildman–Crippen MR) is 99.6 cm³/mol. The molecular weight excluding hydrogens is 331 g/mol. The summed E-state index contributed by atoms with van der Waals surface area (Å²) in [6.07, 6.45) is 2.10. The van der Waals surface area contributed by atoms with Crippen LogP contribution in [0.25, 0.3) is 0 Å². The summed E-state index contributed by atoms with van der Waals surface area (Å²) >= 11 is 0. The fourth-order valence-corrected chi connectivity index (χ4v) is 4.02. The van der Waals surface area contributed by atoms with Crippen LogP contribution in [0.1, 0.15) is 18.7 Å². The molecule has 1 aromatic carbocycles. The second-order valence-corrected chi connectivity index (χ2v) is 7.09. The SMILES string of the molecule is CC1c2cccn2CCN1CC(=O)N1CCN(c2ccccc2F)CC1. The molecule has 1 amide bonds. The van der Waals surface area contributed by atoms with Crippen molar-refractivity contribution in [2.75, 3.05) is 44.2 Å². The minimum Gasteiger partial charge on any atom is -0.366 e. The monoisotopic (exact) mass is 356 g/mol. The molecular formula is C20H25FN4O. The third-order valence-electron chi connectivity index (χ3n) is 5.63. The second-order valence-electron chi connectivity index (χ2n) is 7.09. The van der Waals surface area contributed by atoms with Crippen LogP contribution >= 0.6 is 0 Å². The molecule has 0 saturated carbocycles. The van der Waals surface area contributed by atoms with Gasteiger partial charge in [-0.25, -0.2) is 4.39 Å². The van der Waals surface area contributed by atoms with Crippen molar-refractivity contribution >= 4 is 11.6 Å². The lowest BCUT2D eigenvalue weighted by molar-refractivity contribution is -0.133. The molecule has 0 aliphatic carbocycles. The van der Waals surface area contributed by atoms with Gasteiger partial charge in [-0.05, 0) is 31.2 Å². The van der Waals surface area contributed by atoms with Crippen molar-refractivity contribution in [1.29, 1.82) is 0 Å². The number of hydrogen-bond donors (Lipinski definition) is 0. The summed E-state index contributed by atoms with van der Waals surface area (Å²) in [6, 6.07) is 11.3. The predicted octanol–water partition coefficient (Wildman–Crippen LogP) is 2.35. The Labute approximate surface area is 153 Å². The molecule has 6 heteroatoms. The van der Waals surface area contributed by atoms with Crippen molar-refractivity contribution in [2.24, 2.45) is 0 Å². The van der Waals surface area contributed by atoms with Crippen LogP contribution in [0.5, 0.6) is 0 Å². The molecule has 5 nitrogen and oxygen atoms in total. The minimum atomic E-state index is -0.197. The largest absolute Gasteiger partial charge is 0.366 e. The van der Waals surface area contributed by atoms with Crippen molar-refractivity contribution in [2.45, 2.75) is 19.5 Å². The van der Waals surface area contributed by atoms with E-state index in [0.717, 1.165) is 13.1 Å². The number of carbonyl (C=O) groups excluding carboxylic acids is 1. The third kappa shape index (κ3) is 3.21. The molecule has 1 saturated heterocycles. The molecule has 0 radical (unpaired) electrons. The van der Waals surface area contributed by atoms with Gasteiger partial charge in [0, 0.05) is 57.2 Å². The van der Waals surface area contributed by atoms with Crippen LogP contribution in [0.2, 0.25) is 0 Å². The number of halogens is 1. The van der Waals surface area contributed by atoms with Crippen molar-refractivity contribution in [3.63, 3.8) is 0 Å². The molecule has 0 N–H and O–H groups in total. The summed E-state index contributed by atoms with van der Waals surface area (Å²) in [6.45, 7) is 7.07. The molecule has 0 spiro atoms. The maximum Gasteiger partial charge on any atom is 0.236 e. The molecule has 1 unspecified atom stereocenters. The summed E-state index contributed by atoms with van der Waals surface area (Å²) in [4.78, 5) is 18.9. The Kier molecular flexibility index (Phi) is 4.68. The summed E-state index contributed by atoms with van der Waals surface area (Å²) in [5.41, 5.74) is 1.90. The first-order chi connectivity index (χ1) is 12.6. The molecule has 2 aliphatic heterocycles. The third-order valence-corrected chi connectivity index (χ3v) is 5.63. The normalized spacial score (nSPS) is 20.9. The van der Waals surface area contributed by atoms with Crippen LogP contribution in [-0.4, -0.2) is 59.5 Å². The van der Waals surface area contributed by atoms with Gasteiger partial charge in [0.25, 0.3) is 0 Å². The molecule has 1 atom stereocenters. The van der Waals surface area contributed by atoms with Gasteiger partial charge in [0.05, 0.1) is 12.2 Å². The van der Waals surface area contributed by atoms with E-state index in [4.69, 9.17) is 0 Å². The number of fused-ring (bicyclic) bond motifs is 1. The first-order valence-electron chi connectivity index (χ1n) is 9.30. The molecule has 0 bridgehead atoms. The van der Waals surface area contributed by atoms with Crippen LogP contribution in [-0.2, 0) is 11.3 Å². The first-order valence-corrected chi connectivity index (χ1v) is 9.30. The fourth-order valence-electron chi connectivity index (χ4n) is 4.02. The lowest BCUT2D eigenvalue weighted by Crippen LogP contribution is -2.52. The zero-order chi connectivity index (χ0) is 18.1. The molecule has 2 aromatic rings. The van der Waals surface area contributed by atoms with E-state index in [1.54, 1.807) is 12.1 Å². The van der Waals surface area contributed by atoms with E-state index in [1.807, 2.05) is 15.9 Å². The van der Waals surface area contributed by atoms with Crippen molar-refractivity contribution in [1.82, 2.24) is 14.4 Å². The van der Waals surface area contributed by atoms with E-state index in [2.05, 4.69) is 34.7 Å². The maximum atomic E-state index is 13.9. The smallest absolute Gasteiger partial charge is 0.236 e. The van der Waals surface area contributed by atoms with Crippen LogP contribution in [0.3, 0.4) is 0 Å². The highest BCUT2D eigenvalue weighted by molar-refractivity contribution is 5.78. The summed E-state index contributed by atoms with van der Waals surface area (Å²) < 4.78 is 16.2. The van der Waals surface area contributed by atoms with Crippen molar-refractivity contribution < 1.29 is 9.18 Å². The van der Waals surface area contributed by atoms with Gasteiger partial charge in [0.2, 0.25) is 5.91 Å². The number of anilines is 1. The molecule has 3 heterocycles. The van der Waals surface area contributed by atoms with Crippen LogP contribution in [0, 0.1) is 5.82 Å². The van der Waals surface area contributed by atoms with E-state index >= 15 is 0 Å². The van der Waals surface area contributed by atoms with Gasteiger partial charge >= 0.3 is 0 Å². The summed E-state index contributed by atoms with van der Waals surface area (Å²) in [5, 5.41) is 0. The standard InChI is InChI=1S/C20H25FN4O/c1-16-18-7-4-8-22(18)11-14-25(16)15-20(26)24-12-9-23(10-13-24)19-6-3-2-5-17(19)21/h2-8,16H,9-15H2,1H3. The minimum absolute atomic E-state index is 0.171. The number of carbonyl (C=O) groups is 1. The number of para-hydroxylation sites is 1. The number of nitrogens with zero attached hydrogens (tertiary/aromatic N) is 4. The summed E-state index contributed by atoms with van der Waals surface area (Å²) in [5.74, 6) is -0.0255. The maximum absolute atomic E-state index is 13.9. The second kappa shape index (κ2) is 7.11. The Morgan fingerprint density at radius 3 is 2.58 bits per heavy atom. The van der Waals surface area contributed by atoms with Gasteiger partial charge < -0.3 is 14.4 Å². The van der Waals surface area contributed by atoms with E-state index in [-0.39, 0.29) is 17.8 Å². The highest BCUT2D eigenvalue weighted by atomic mass is 19.1. The Hall–Kier alpha value is -2.34.